The van der Waals surface area contributed by atoms with Gasteiger partial charge in [0.15, 0.2) is 0 Å². The summed E-state index contributed by atoms with van der Waals surface area (Å²) < 4.78 is 1.05. The van der Waals surface area contributed by atoms with Crippen molar-refractivity contribution in [3.05, 3.63) is 34.2 Å². The molecule has 0 atom stereocenters. The summed E-state index contributed by atoms with van der Waals surface area (Å²) in [6.07, 6.45) is 0. The Kier molecular flexibility index (Phi) is 2.74. The van der Waals surface area contributed by atoms with Gasteiger partial charge in [0.2, 0.25) is 0 Å². The molecule has 0 bridgehead atoms. The van der Waals surface area contributed by atoms with Gasteiger partial charge < -0.3 is 0 Å². The van der Waals surface area contributed by atoms with Crippen molar-refractivity contribution in [3.8, 4) is 0 Å². The molecule has 0 amide bonds. The molecule has 84 valence electrons. The molecule has 2 nitrogen and oxygen atoms in total. The van der Waals surface area contributed by atoms with Crippen molar-refractivity contribution >= 4 is 26.8 Å². The van der Waals surface area contributed by atoms with Gasteiger partial charge in [0.05, 0.1) is 11.2 Å². The second-order valence-corrected chi connectivity index (χ2v) is 5.95. The summed E-state index contributed by atoms with van der Waals surface area (Å²) in [5.74, 6) is 0.829. The van der Waals surface area contributed by atoms with E-state index in [0.29, 0.717) is 0 Å². The molecule has 1 heterocycles. The van der Waals surface area contributed by atoms with Crippen LogP contribution in [-0.2, 0) is 5.41 Å². The van der Waals surface area contributed by atoms with Gasteiger partial charge in [-0.2, -0.15) is 0 Å². The molecule has 0 unspecified atom stereocenters. The third-order valence-electron chi connectivity index (χ3n) is 2.48. The molecule has 1 aromatic carbocycles. The fourth-order valence-corrected chi connectivity index (χ4v) is 2.14. The highest BCUT2D eigenvalue weighted by Crippen LogP contribution is 2.28. The molecular weight excluding hydrogens is 264 g/mol. The van der Waals surface area contributed by atoms with Crippen LogP contribution in [0, 0.1) is 6.92 Å². The Hall–Kier alpha value is -0.960. The normalized spacial score (nSPS) is 12.1. The van der Waals surface area contributed by atoms with Gasteiger partial charge >= 0.3 is 0 Å². The standard InChI is InChI=1S/C13H15BrN2/c1-8-15-11-7-9(14)5-6-10(11)12(16-8)13(2,3)4/h5-7H,1-4H3. The van der Waals surface area contributed by atoms with Crippen LogP contribution in [0.2, 0.25) is 0 Å². The lowest BCUT2D eigenvalue weighted by Gasteiger charge is -2.20. The number of rotatable bonds is 0. The Balaban J connectivity index is 2.83. The summed E-state index contributed by atoms with van der Waals surface area (Å²) in [6, 6.07) is 6.16. The van der Waals surface area contributed by atoms with E-state index in [2.05, 4.69) is 52.7 Å². The van der Waals surface area contributed by atoms with E-state index >= 15 is 0 Å². The summed E-state index contributed by atoms with van der Waals surface area (Å²) >= 11 is 3.47. The lowest BCUT2D eigenvalue weighted by atomic mass is 9.89. The van der Waals surface area contributed by atoms with E-state index in [-0.39, 0.29) is 5.41 Å². The van der Waals surface area contributed by atoms with E-state index < -0.39 is 0 Å². The fourth-order valence-electron chi connectivity index (χ4n) is 1.79. The minimum absolute atomic E-state index is 0.0414. The Labute approximate surface area is 104 Å². The molecule has 0 radical (unpaired) electrons. The van der Waals surface area contributed by atoms with E-state index in [1.165, 1.54) is 0 Å². The number of halogens is 1. The third-order valence-corrected chi connectivity index (χ3v) is 2.97. The lowest BCUT2D eigenvalue weighted by Crippen LogP contribution is -2.15. The number of hydrogen-bond donors (Lipinski definition) is 0. The second kappa shape index (κ2) is 3.81. The van der Waals surface area contributed by atoms with E-state index in [0.717, 1.165) is 26.9 Å². The quantitative estimate of drug-likeness (QED) is 0.728. The summed E-state index contributed by atoms with van der Waals surface area (Å²) in [4.78, 5) is 9.05. The van der Waals surface area contributed by atoms with Crippen molar-refractivity contribution in [1.29, 1.82) is 0 Å². The van der Waals surface area contributed by atoms with E-state index in [1.54, 1.807) is 0 Å². The molecule has 2 aromatic rings. The first-order chi connectivity index (χ1) is 7.38. The first-order valence-corrected chi connectivity index (χ1v) is 6.11. The van der Waals surface area contributed by atoms with E-state index in [4.69, 9.17) is 0 Å². The molecule has 0 aliphatic rings. The molecule has 0 aliphatic carbocycles. The van der Waals surface area contributed by atoms with Crippen molar-refractivity contribution in [3.63, 3.8) is 0 Å². The molecule has 16 heavy (non-hydrogen) atoms. The molecule has 0 aliphatic heterocycles. The zero-order valence-corrected chi connectivity index (χ0v) is 11.6. The predicted molar refractivity (Wildman–Crippen MR) is 70.7 cm³/mol. The first kappa shape index (κ1) is 11.5. The highest BCUT2D eigenvalue weighted by Gasteiger charge is 2.19. The van der Waals surface area contributed by atoms with Crippen LogP contribution >= 0.6 is 15.9 Å². The van der Waals surface area contributed by atoms with E-state index in [9.17, 15) is 0 Å². The second-order valence-electron chi connectivity index (χ2n) is 5.03. The largest absolute Gasteiger partial charge is 0.237 e. The molecular formula is C13H15BrN2. The lowest BCUT2D eigenvalue weighted by molar-refractivity contribution is 0.571. The van der Waals surface area contributed by atoms with Gasteiger partial charge in [0, 0.05) is 15.3 Å². The van der Waals surface area contributed by atoms with Crippen LogP contribution in [0.25, 0.3) is 10.9 Å². The number of benzene rings is 1. The predicted octanol–water partition coefficient (Wildman–Crippen LogP) is 4.00. The van der Waals surface area contributed by atoms with Crippen molar-refractivity contribution in [2.24, 2.45) is 0 Å². The maximum atomic E-state index is 4.58. The summed E-state index contributed by atoms with van der Waals surface area (Å²) in [6.45, 7) is 8.47. The SMILES string of the molecule is Cc1nc(C(C)(C)C)c2ccc(Br)cc2n1. The fraction of sp³-hybridized carbons (Fsp3) is 0.385. The Bertz CT molecular complexity index is 536. The third kappa shape index (κ3) is 2.09. The molecule has 0 saturated carbocycles. The minimum atomic E-state index is 0.0414. The Morgan fingerprint density at radius 3 is 2.44 bits per heavy atom. The summed E-state index contributed by atoms with van der Waals surface area (Å²) in [7, 11) is 0. The van der Waals surface area contributed by atoms with Crippen LogP contribution in [-0.4, -0.2) is 9.97 Å². The van der Waals surface area contributed by atoms with Gasteiger partial charge in [-0.1, -0.05) is 36.7 Å². The highest BCUT2D eigenvalue weighted by molar-refractivity contribution is 9.10. The van der Waals surface area contributed by atoms with E-state index in [1.807, 2.05) is 19.1 Å². The first-order valence-electron chi connectivity index (χ1n) is 5.32. The van der Waals surface area contributed by atoms with Crippen molar-refractivity contribution in [2.45, 2.75) is 33.1 Å². The number of hydrogen-bond acceptors (Lipinski definition) is 2. The van der Waals surface area contributed by atoms with Gasteiger partial charge in [0.25, 0.3) is 0 Å². The average molecular weight is 279 g/mol. The van der Waals surface area contributed by atoms with Gasteiger partial charge in [0.1, 0.15) is 5.82 Å². The van der Waals surface area contributed by atoms with Gasteiger partial charge in [-0.15, -0.1) is 0 Å². The number of nitrogens with zero attached hydrogens (tertiary/aromatic N) is 2. The smallest absolute Gasteiger partial charge is 0.126 e. The molecule has 3 heteroatoms. The number of fused-ring (bicyclic) bond motifs is 1. The van der Waals surface area contributed by atoms with Crippen molar-refractivity contribution in [2.75, 3.05) is 0 Å². The van der Waals surface area contributed by atoms with Crippen LogP contribution < -0.4 is 0 Å². The van der Waals surface area contributed by atoms with Crippen molar-refractivity contribution < 1.29 is 0 Å². The molecule has 0 fully saturated rings. The molecule has 2 rings (SSSR count). The molecule has 0 N–H and O–H groups in total. The molecule has 1 aromatic heterocycles. The highest BCUT2D eigenvalue weighted by atomic mass is 79.9. The summed E-state index contributed by atoms with van der Waals surface area (Å²) in [5, 5.41) is 1.14. The average Bonchev–Trinajstić information content (AvgIpc) is 2.14. The maximum absolute atomic E-state index is 4.58. The maximum Gasteiger partial charge on any atom is 0.126 e. The topological polar surface area (TPSA) is 25.8 Å². The van der Waals surface area contributed by atoms with Gasteiger partial charge in [-0.25, -0.2) is 9.97 Å². The zero-order chi connectivity index (χ0) is 11.9. The minimum Gasteiger partial charge on any atom is -0.237 e. The zero-order valence-electron chi connectivity index (χ0n) is 10.0. The summed E-state index contributed by atoms with van der Waals surface area (Å²) in [5.41, 5.74) is 2.16. The van der Waals surface area contributed by atoms with Crippen LogP contribution in [0.15, 0.2) is 22.7 Å². The number of aromatic nitrogens is 2. The van der Waals surface area contributed by atoms with Crippen LogP contribution in [0.4, 0.5) is 0 Å². The molecule has 0 saturated heterocycles. The Morgan fingerprint density at radius 1 is 1.12 bits per heavy atom. The number of aryl methyl sites for hydroxylation is 1. The van der Waals surface area contributed by atoms with Crippen LogP contribution in [0.3, 0.4) is 0 Å². The van der Waals surface area contributed by atoms with Crippen molar-refractivity contribution in [1.82, 2.24) is 9.97 Å². The monoisotopic (exact) mass is 278 g/mol. The van der Waals surface area contributed by atoms with Gasteiger partial charge in [-0.3, -0.25) is 0 Å². The van der Waals surface area contributed by atoms with Crippen LogP contribution in [0.5, 0.6) is 0 Å². The van der Waals surface area contributed by atoms with Crippen LogP contribution in [0.1, 0.15) is 32.3 Å². The molecule has 0 spiro atoms. The Morgan fingerprint density at radius 2 is 1.81 bits per heavy atom. The van der Waals surface area contributed by atoms with Gasteiger partial charge in [-0.05, 0) is 25.1 Å².